The average Bonchev–Trinajstić information content (AvgIpc) is 2.98. The molecule has 5 rings (SSSR count). The van der Waals surface area contributed by atoms with Gasteiger partial charge in [0.2, 0.25) is 5.91 Å². The van der Waals surface area contributed by atoms with E-state index in [4.69, 9.17) is 0 Å². The third kappa shape index (κ3) is 1.93. The highest BCUT2D eigenvalue weighted by Crippen LogP contribution is 2.72. The largest absolute Gasteiger partial charge is 0.393 e. The molecule has 0 aromatic rings. The zero-order valence-electron chi connectivity index (χ0n) is 15.1. The minimum absolute atomic E-state index is 0.00346. The number of amides is 1. The number of aliphatic hydroxyl groups is 3. The van der Waals surface area contributed by atoms with Crippen LogP contribution >= 0.6 is 0 Å². The lowest BCUT2D eigenvalue weighted by Gasteiger charge is -2.63. The Hall–Kier alpha value is -0.650. The van der Waals surface area contributed by atoms with Gasteiger partial charge in [-0.1, -0.05) is 6.92 Å². The molecule has 0 radical (unpaired) electrons. The van der Waals surface area contributed by atoms with Crippen molar-refractivity contribution >= 4 is 5.91 Å². The lowest BCUT2D eigenvalue weighted by atomic mass is 9.42. The first kappa shape index (κ1) is 16.5. The zero-order chi connectivity index (χ0) is 17.7. The van der Waals surface area contributed by atoms with Crippen molar-refractivity contribution in [2.75, 3.05) is 6.61 Å². The predicted octanol–water partition coefficient (Wildman–Crippen LogP) is 1.55. The van der Waals surface area contributed by atoms with Crippen LogP contribution in [-0.2, 0) is 4.79 Å². The van der Waals surface area contributed by atoms with Crippen molar-refractivity contribution in [1.29, 1.82) is 0 Å². The highest BCUT2D eigenvalue weighted by molar-refractivity contribution is 5.79. The quantitative estimate of drug-likeness (QED) is 0.578. The molecule has 5 nitrogen and oxygen atoms in total. The molecule has 1 spiro atoms. The van der Waals surface area contributed by atoms with E-state index in [0.717, 1.165) is 44.9 Å². The third-order valence-corrected chi connectivity index (χ3v) is 9.39. The van der Waals surface area contributed by atoms with Crippen molar-refractivity contribution in [3.63, 3.8) is 0 Å². The number of carbonyl (C=O) groups excluding carboxylic acids is 1. The molecule has 4 aliphatic carbocycles. The zero-order valence-corrected chi connectivity index (χ0v) is 15.1. The minimum atomic E-state index is -0.996. The Balaban J connectivity index is 1.51. The molecule has 1 heterocycles. The Morgan fingerprint density at radius 1 is 1.12 bits per heavy atom. The molecule has 1 aliphatic heterocycles. The van der Waals surface area contributed by atoms with Crippen LogP contribution in [0.3, 0.4) is 0 Å². The van der Waals surface area contributed by atoms with Gasteiger partial charge >= 0.3 is 0 Å². The molecule has 0 aromatic heterocycles. The fourth-order valence-electron chi connectivity index (χ4n) is 8.38. The molecule has 2 bridgehead atoms. The summed E-state index contributed by atoms with van der Waals surface area (Å²) in [7, 11) is 0. The molecule has 5 fully saturated rings. The van der Waals surface area contributed by atoms with E-state index < -0.39 is 11.3 Å². The third-order valence-electron chi connectivity index (χ3n) is 9.39. The van der Waals surface area contributed by atoms with Crippen molar-refractivity contribution in [3.05, 3.63) is 0 Å². The van der Waals surface area contributed by atoms with Crippen LogP contribution in [0.2, 0.25) is 0 Å². The highest BCUT2D eigenvalue weighted by atomic mass is 16.3. The predicted molar refractivity (Wildman–Crippen MR) is 91.2 cm³/mol. The van der Waals surface area contributed by atoms with Crippen LogP contribution in [0.4, 0.5) is 0 Å². The van der Waals surface area contributed by atoms with E-state index in [9.17, 15) is 20.1 Å². The second kappa shape index (κ2) is 4.79. The van der Waals surface area contributed by atoms with Gasteiger partial charge in [0.15, 0.2) is 0 Å². The summed E-state index contributed by atoms with van der Waals surface area (Å²) >= 11 is 0. The fraction of sp³-hybridized carbons (Fsp3) is 0.950. The van der Waals surface area contributed by atoms with Gasteiger partial charge in [-0.25, -0.2) is 0 Å². The molecule has 1 amide bonds. The standard InChI is InChI=1S/C20H31NO4/c1-17-6-7-20(25)14(8-16(23)21-20)13(17)4-5-18-9-12(2-3-15(17)18)19(24,10-18)11-22/h12-15,22,24-25H,2-11H2,1H3,(H,21,23)/t12-,13-,14+,15+,17-,18+,19+,20+/m1/s1. The number of nitrogens with one attached hydrogen (secondary N) is 1. The topological polar surface area (TPSA) is 89.8 Å². The second-order valence-electron chi connectivity index (χ2n) is 10.3. The molecule has 5 heteroatoms. The number of fused-ring (bicyclic) bond motifs is 5. The molecule has 5 aliphatic rings. The first-order chi connectivity index (χ1) is 11.7. The summed E-state index contributed by atoms with van der Waals surface area (Å²) in [5, 5.41) is 34.6. The Morgan fingerprint density at radius 3 is 2.68 bits per heavy atom. The maximum absolute atomic E-state index is 12.0. The lowest BCUT2D eigenvalue weighted by Crippen LogP contribution is -2.61. The van der Waals surface area contributed by atoms with E-state index in [-0.39, 0.29) is 35.2 Å². The van der Waals surface area contributed by atoms with Crippen LogP contribution < -0.4 is 5.32 Å². The van der Waals surface area contributed by atoms with Gasteiger partial charge in [0, 0.05) is 12.3 Å². The summed E-state index contributed by atoms with van der Waals surface area (Å²) in [6, 6.07) is 0. The van der Waals surface area contributed by atoms with E-state index in [1.807, 2.05) is 0 Å². The molecule has 25 heavy (non-hydrogen) atoms. The van der Waals surface area contributed by atoms with Crippen LogP contribution in [0.1, 0.15) is 64.7 Å². The monoisotopic (exact) mass is 349 g/mol. The summed E-state index contributed by atoms with van der Waals surface area (Å²) < 4.78 is 0. The van der Waals surface area contributed by atoms with Gasteiger partial charge in [-0.3, -0.25) is 4.79 Å². The van der Waals surface area contributed by atoms with Crippen molar-refractivity contribution in [3.8, 4) is 0 Å². The van der Waals surface area contributed by atoms with E-state index >= 15 is 0 Å². The van der Waals surface area contributed by atoms with Gasteiger partial charge in [0.05, 0.1) is 12.2 Å². The second-order valence-corrected chi connectivity index (χ2v) is 10.3. The number of rotatable bonds is 1. The number of hydrogen-bond donors (Lipinski definition) is 4. The Morgan fingerprint density at radius 2 is 1.92 bits per heavy atom. The fourth-order valence-corrected chi connectivity index (χ4v) is 8.38. The molecule has 8 atom stereocenters. The average molecular weight is 349 g/mol. The molecule has 0 unspecified atom stereocenters. The van der Waals surface area contributed by atoms with Crippen molar-refractivity contribution in [1.82, 2.24) is 5.32 Å². The van der Waals surface area contributed by atoms with Crippen LogP contribution in [0.25, 0.3) is 0 Å². The van der Waals surface area contributed by atoms with Crippen LogP contribution in [0.5, 0.6) is 0 Å². The lowest BCUT2D eigenvalue weighted by molar-refractivity contribution is -0.182. The SMILES string of the molecule is C[C@@]12CC[C@@]3(O)NC(=O)C[C@H]3[C@H]1CC[C@@]13C[C@@H](CC[C@H]12)[C@@](O)(CO)C3. The smallest absolute Gasteiger partial charge is 0.222 e. The molecular formula is C20H31NO4. The molecule has 0 aromatic carbocycles. The van der Waals surface area contributed by atoms with Gasteiger partial charge in [0.1, 0.15) is 5.72 Å². The Bertz CT molecular complexity index is 625. The summed E-state index contributed by atoms with van der Waals surface area (Å²) in [6.45, 7) is 2.27. The van der Waals surface area contributed by atoms with Gasteiger partial charge < -0.3 is 20.6 Å². The van der Waals surface area contributed by atoms with E-state index in [0.29, 0.717) is 24.7 Å². The molecule has 4 N–H and O–H groups in total. The first-order valence-electron chi connectivity index (χ1n) is 10.1. The Kier molecular flexibility index (Phi) is 3.16. The van der Waals surface area contributed by atoms with Gasteiger partial charge in [-0.2, -0.15) is 0 Å². The van der Waals surface area contributed by atoms with E-state index in [1.165, 1.54) is 0 Å². The van der Waals surface area contributed by atoms with Crippen molar-refractivity contribution in [2.24, 2.45) is 34.5 Å². The van der Waals surface area contributed by atoms with Crippen LogP contribution in [-0.4, -0.2) is 39.2 Å². The number of hydrogen-bond acceptors (Lipinski definition) is 4. The van der Waals surface area contributed by atoms with Crippen LogP contribution in [0.15, 0.2) is 0 Å². The van der Waals surface area contributed by atoms with E-state index in [1.54, 1.807) is 0 Å². The van der Waals surface area contributed by atoms with Gasteiger partial charge in [-0.15, -0.1) is 0 Å². The van der Waals surface area contributed by atoms with E-state index in [2.05, 4.69) is 12.2 Å². The summed E-state index contributed by atoms with van der Waals surface area (Å²) in [4.78, 5) is 12.0. The molecule has 4 saturated carbocycles. The Labute approximate surface area is 149 Å². The molecular weight excluding hydrogens is 318 g/mol. The number of carbonyl (C=O) groups is 1. The van der Waals surface area contributed by atoms with Crippen molar-refractivity contribution in [2.45, 2.75) is 76.0 Å². The molecule has 140 valence electrons. The van der Waals surface area contributed by atoms with Gasteiger partial charge in [0.25, 0.3) is 0 Å². The van der Waals surface area contributed by atoms with Crippen LogP contribution in [0, 0.1) is 34.5 Å². The minimum Gasteiger partial charge on any atom is -0.393 e. The first-order valence-corrected chi connectivity index (χ1v) is 10.1. The number of aliphatic hydroxyl groups excluding tert-OH is 1. The summed E-state index contributed by atoms with van der Waals surface area (Å²) in [5.41, 5.74) is -1.60. The molecule has 1 saturated heterocycles. The maximum atomic E-state index is 12.0. The summed E-state index contributed by atoms with van der Waals surface area (Å²) in [5.74, 6) is 1.18. The maximum Gasteiger partial charge on any atom is 0.222 e. The van der Waals surface area contributed by atoms with Gasteiger partial charge in [-0.05, 0) is 80.0 Å². The van der Waals surface area contributed by atoms with Crippen molar-refractivity contribution < 1.29 is 20.1 Å². The highest BCUT2D eigenvalue weighted by Gasteiger charge is 2.69. The normalized spacial score (nSPS) is 59.8. The summed E-state index contributed by atoms with van der Waals surface area (Å²) in [6.07, 6.45) is 8.05.